The molecule has 0 bridgehead atoms. The highest BCUT2D eigenvalue weighted by atomic mass is 14.2. The Bertz CT molecular complexity index is 300. The van der Waals surface area contributed by atoms with E-state index in [9.17, 15) is 0 Å². The van der Waals surface area contributed by atoms with Crippen molar-refractivity contribution in [1.29, 1.82) is 0 Å². The molecule has 0 aromatic rings. The van der Waals surface area contributed by atoms with Crippen molar-refractivity contribution in [3.63, 3.8) is 0 Å². The first kappa shape index (κ1) is 16.6. The summed E-state index contributed by atoms with van der Waals surface area (Å²) in [6.07, 6.45) is 28.1. The van der Waals surface area contributed by atoms with Crippen LogP contribution in [-0.2, 0) is 0 Å². The molecule has 3 saturated carbocycles. The zero-order valence-corrected chi connectivity index (χ0v) is 14.8. The lowest BCUT2D eigenvalue weighted by Gasteiger charge is -2.15. The van der Waals surface area contributed by atoms with Gasteiger partial charge in [-0.15, -0.1) is 0 Å². The molecule has 3 fully saturated rings. The zero-order chi connectivity index (χ0) is 15.0. The number of hydrogen-bond donors (Lipinski definition) is 0. The first-order valence-corrected chi connectivity index (χ1v) is 10.6. The summed E-state index contributed by atoms with van der Waals surface area (Å²) in [5.41, 5.74) is 1.85. The van der Waals surface area contributed by atoms with Crippen LogP contribution in [0, 0.1) is 17.8 Å². The van der Waals surface area contributed by atoms with Crippen molar-refractivity contribution in [2.75, 3.05) is 0 Å². The highest BCUT2D eigenvalue weighted by Gasteiger charge is 2.18. The Kier molecular flexibility index (Phi) is 6.89. The van der Waals surface area contributed by atoms with E-state index in [1.165, 1.54) is 109 Å². The van der Waals surface area contributed by atoms with Gasteiger partial charge in [-0.3, -0.25) is 0 Å². The van der Waals surface area contributed by atoms with Gasteiger partial charge in [0, 0.05) is 0 Å². The Morgan fingerprint density at radius 3 is 1.45 bits per heavy atom. The molecular formula is C22H38. The molecule has 0 aromatic heterocycles. The maximum atomic E-state index is 2.71. The minimum absolute atomic E-state index is 1.04. The third-order valence-corrected chi connectivity index (χ3v) is 6.91. The van der Waals surface area contributed by atoms with Crippen molar-refractivity contribution < 1.29 is 0 Å². The Morgan fingerprint density at radius 1 is 0.591 bits per heavy atom. The van der Waals surface area contributed by atoms with Crippen LogP contribution in [0.15, 0.2) is 11.6 Å². The second-order valence-electron chi connectivity index (χ2n) is 8.63. The Labute approximate surface area is 139 Å². The lowest BCUT2D eigenvalue weighted by atomic mass is 9.91. The van der Waals surface area contributed by atoms with Gasteiger partial charge in [0.15, 0.2) is 0 Å². The molecule has 0 aromatic carbocycles. The average molecular weight is 303 g/mol. The summed E-state index contributed by atoms with van der Waals surface area (Å²) in [6, 6.07) is 0. The third kappa shape index (κ3) is 5.43. The van der Waals surface area contributed by atoms with Gasteiger partial charge in [-0.25, -0.2) is 0 Å². The van der Waals surface area contributed by atoms with Crippen LogP contribution < -0.4 is 0 Å². The highest BCUT2D eigenvalue weighted by Crippen LogP contribution is 2.34. The SMILES string of the molecule is C(CC1CCCC1)=C(CCC1CCCC1)CCC1CCCC1. The second kappa shape index (κ2) is 9.14. The van der Waals surface area contributed by atoms with Crippen LogP contribution in [0.4, 0.5) is 0 Å². The quantitative estimate of drug-likeness (QED) is 0.409. The Morgan fingerprint density at radius 2 is 1.00 bits per heavy atom. The van der Waals surface area contributed by atoms with Gasteiger partial charge in [-0.2, -0.15) is 0 Å². The molecule has 0 radical (unpaired) electrons. The molecule has 3 aliphatic carbocycles. The summed E-state index contributed by atoms with van der Waals surface area (Å²) < 4.78 is 0. The molecule has 22 heavy (non-hydrogen) atoms. The van der Waals surface area contributed by atoms with E-state index < -0.39 is 0 Å². The van der Waals surface area contributed by atoms with Crippen molar-refractivity contribution in [3.8, 4) is 0 Å². The Hall–Kier alpha value is -0.260. The molecule has 3 aliphatic rings. The summed E-state index contributed by atoms with van der Waals surface area (Å²) >= 11 is 0. The van der Waals surface area contributed by atoms with E-state index >= 15 is 0 Å². The average Bonchev–Trinajstić information content (AvgIpc) is 3.29. The van der Waals surface area contributed by atoms with Gasteiger partial charge in [-0.05, 0) is 49.9 Å². The van der Waals surface area contributed by atoms with Gasteiger partial charge in [0.25, 0.3) is 0 Å². The van der Waals surface area contributed by atoms with E-state index in [4.69, 9.17) is 0 Å². The van der Waals surface area contributed by atoms with Crippen molar-refractivity contribution in [2.24, 2.45) is 17.8 Å². The molecule has 0 spiro atoms. The molecule has 0 heterocycles. The van der Waals surface area contributed by atoms with E-state index in [2.05, 4.69) is 6.08 Å². The number of allylic oxidation sites excluding steroid dienone is 2. The molecule has 0 amide bonds. The predicted octanol–water partition coefficient (Wildman–Crippen LogP) is 7.43. The summed E-state index contributed by atoms with van der Waals surface area (Å²) in [5, 5.41) is 0. The number of hydrogen-bond acceptors (Lipinski definition) is 0. The molecule has 3 rings (SSSR count). The maximum absolute atomic E-state index is 2.71. The van der Waals surface area contributed by atoms with Crippen LogP contribution in [-0.4, -0.2) is 0 Å². The fraction of sp³-hybridized carbons (Fsp3) is 0.909. The first-order valence-electron chi connectivity index (χ1n) is 10.6. The van der Waals surface area contributed by atoms with Crippen LogP contribution in [0.1, 0.15) is 109 Å². The summed E-state index contributed by atoms with van der Waals surface area (Å²) in [4.78, 5) is 0. The van der Waals surface area contributed by atoms with Crippen LogP contribution in [0.25, 0.3) is 0 Å². The third-order valence-electron chi connectivity index (χ3n) is 6.91. The molecule has 0 heteroatoms. The van der Waals surface area contributed by atoms with Crippen LogP contribution >= 0.6 is 0 Å². The predicted molar refractivity (Wildman–Crippen MR) is 97.0 cm³/mol. The van der Waals surface area contributed by atoms with Crippen molar-refractivity contribution in [2.45, 2.75) is 109 Å². The lowest BCUT2D eigenvalue weighted by molar-refractivity contribution is 0.471. The lowest BCUT2D eigenvalue weighted by Crippen LogP contribution is -1.99. The fourth-order valence-corrected chi connectivity index (χ4v) is 5.29. The summed E-state index contributed by atoms with van der Waals surface area (Å²) in [7, 11) is 0. The zero-order valence-electron chi connectivity index (χ0n) is 14.8. The minimum atomic E-state index is 1.04. The molecule has 126 valence electrons. The van der Waals surface area contributed by atoms with E-state index in [1.807, 2.05) is 5.57 Å². The molecule has 0 atom stereocenters. The van der Waals surface area contributed by atoms with Crippen LogP contribution in [0.2, 0.25) is 0 Å². The van der Waals surface area contributed by atoms with E-state index in [0.717, 1.165) is 17.8 Å². The van der Waals surface area contributed by atoms with Gasteiger partial charge in [-0.1, -0.05) is 88.7 Å². The maximum Gasteiger partial charge on any atom is -0.0318 e. The molecule has 0 nitrogen and oxygen atoms in total. The van der Waals surface area contributed by atoms with Gasteiger partial charge >= 0.3 is 0 Å². The first-order chi connectivity index (χ1) is 10.9. The van der Waals surface area contributed by atoms with Gasteiger partial charge in [0.2, 0.25) is 0 Å². The smallest absolute Gasteiger partial charge is 0.0318 e. The molecular weight excluding hydrogens is 264 g/mol. The molecule has 0 saturated heterocycles. The van der Waals surface area contributed by atoms with Gasteiger partial charge in [0.05, 0.1) is 0 Å². The molecule has 0 unspecified atom stereocenters. The topological polar surface area (TPSA) is 0 Å². The minimum Gasteiger partial charge on any atom is -0.0851 e. The fourth-order valence-electron chi connectivity index (χ4n) is 5.29. The van der Waals surface area contributed by atoms with Crippen LogP contribution in [0.3, 0.4) is 0 Å². The van der Waals surface area contributed by atoms with E-state index in [0.29, 0.717) is 0 Å². The standard InChI is InChI=1S/C22H38/c1-2-8-19(7-1)13-16-22(17-14-20-9-3-4-10-20)18-15-21-11-5-6-12-21/h16,19-21H,1-15,17-18H2. The summed E-state index contributed by atoms with van der Waals surface area (Å²) in [5.74, 6) is 3.18. The van der Waals surface area contributed by atoms with Crippen LogP contribution in [0.5, 0.6) is 0 Å². The van der Waals surface area contributed by atoms with Crippen molar-refractivity contribution >= 4 is 0 Å². The monoisotopic (exact) mass is 302 g/mol. The number of rotatable bonds is 8. The largest absolute Gasteiger partial charge is 0.0851 e. The normalized spacial score (nSPS) is 24.4. The van der Waals surface area contributed by atoms with Gasteiger partial charge < -0.3 is 0 Å². The Balaban J connectivity index is 1.45. The van der Waals surface area contributed by atoms with E-state index in [1.54, 1.807) is 0 Å². The molecule has 0 N–H and O–H groups in total. The van der Waals surface area contributed by atoms with Crippen molar-refractivity contribution in [3.05, 3.63) is 11.6 Å². The highest BCUT2D eigenvalue weighted by molar-refractivity contribution is 5.04. The van der Waals surface area contributed by atoms with E-state index in [-0.39, 0.29) is 0 Å². The van der Waals surface area contributed by atoms with Gasteiger partial charge in [0.1, 0.15) is 0 Å². The van der Waals surface area contributed by atoms with Crippen molar-refractivity contribution in [1.82, 2.24) is 0 Å². The second-order valence-corrected chi connectivity index (χ2v) is 8.63. The molecule has 0 aliphatic heterocycles. The summed E-state index contributed by atoms with van der Waals surface area (Å²) in [6.45, 7) is 0.